The fraction of sp³-hybridized carbons (Fsp3) is 0.700. The van der Waals surface area contributed by atoms with Gasteiger partial charge >= 0.3 is 0 Å². The summed E-state index contributed by atoms with van der Waals surface area (Å²) in [6.45, 7) is 1.06. The fourth-order valence-electron chi connectivity index (χ4n) is 6.72. The molecule has 0 amide bonds. The second kappa shape index (κ2) is 6.31. The lowest BCUT2D eigenvalue weighted by Gasteiger charge is -2.65. The van der Waals surface area contributed by atoms with Gasteiger partial charge in [-0.15, -0.1) is 0 Å². The summed E-state index contributed by atoms with van der Waals surface area (Å²) in [6.07, 6.45) is 3.01. The third-order valence-corrected chi connectivity index (χ3v) is 8.54. The van der Waals surface area contributed by atoms with E-state index in [2.05, 4.69) is 17.3 Å². The Morgan fingerprint density at radius 2 is 2.17 bits per heavy atom. The zero-order valence-corrected chi connectivity index (χ0v) is 17.5. The van der Waals surface area contributed by atoms with E-state index in [1.54, 1.807) is 13.2 Å². The van der Waals surface area contributed by atoms with Crippen molar-refractivity contribution in [3.63, 3.8) is 0 Å². The SMILES string of the molecule is CO[C@@]12CC[C@H](NCCS(=O)(=O)O)[C@@H]3Oc4c(O)ccc5c4[C@@]31CCN(C)[C@@H]2C5. The monoisotopic (exact) mass is 424 g/mol. The first-order valence-corrected chi connectivity index (χ1v) is 11.8. The van der Waals surface area contributed by atoms with Crippen LogP contribution in [0.2, 0.25) is 0 Å². The first-order chi connectivity index (χ1) is 13.7. The first-order valence-electron chi connectivity index (χ1n) is 10.2. The highest BCUT2D eigenvalue weighted by molar-refractivity contribution is 7.85. The van der Waals surface area contributed by atoms with Crippen LogP contribution in [0.4, 0.5) is 0 Å². The van der Waals surface area contributed by atoms with E-state index in [1.807, 2.05) is 6.07 Å². The summed E-state index contributed by atoms with van der Waals surface area (Å²) < 4.78 is 44.2. The third-order valence-electron chi connectivity index (χ3n) is 7.82. The highest BCUT2D eigenvalue weighted by atomic mass is 32.2. The maximum absolute atomic E-state index is 11.2. The molecule has 1 spiro atoms. The highest BCUT2D eigenvalue weighted by Gasteiger charge is 2.73. The Bertz CT molecular complexity index is 953. The molecule has 2 aliphatic heterocycles. The quantitative estimate of drug-likeness (QED) is 0.592. The van der Waals surface area contributed by atoms with E-state index in [1.165, 1.54) is 5.56 Å². The molecule has 0 aromatic heterocycles. The number of ether oxygens (including phenoxy) is 2. The van der Waals surface area contributed by atoms with Crippen LogP contribution in [0.15, 0.2) is 12.1 Å². The van der Waals surface area contributed by atoms with Gasteiger partial charge in [0.2, 0.25) is 0 Å². The van der Waals surface area contributed by atoms with Gasteiger partial charge in [-0.25, -0.2) is 0 Å². The molecular weight excluding hydrogens is 396 g/mol. The van der Waals surface area contributed by atoms with Crippen molar-refractivity contribution in [3.05, 3.63) is 23.3 Å². The van der Waals surface area contributed by atoms with Crippen molar-refractivity contribution >= 4 is 10.1 Å². The van der Waals surface area contributed by atoms with E-state index in [9.17, 15) is 13.5 Å². The molecule has 1 aromatic rings. The average Bonchev–Trinajstić information content (AvgIpc) is 3.02. The van der Waals surface area contributed by atoms with Crippen LogP contribution >= 0.6 is 0 Å². The minimum atomic E-state index is -4.03. The predicted octanol–water partition coefficient (Wildman–Crippen LogP) is 0.676. The van der Waals surface area contributed by atoms with E-state index >= 15 is 0 Å². The molecule has 2 aliphatic carbocycles. The molecule has 0 unspecified atom stereocenters. The van der Waals surface area contributed by atoms with Crippen LogP contribution in [0.3, 0.4) is 0 Å². The van der Waals surface area contributed by atoms with Gasteiger partial charge < -0.3 is 24.8 Å². The Hall–Kier alpha value is -1.39. The van der Waals surface area contributed by atoms with Crippen molar-refractivity contribution in [2.24, 2.45) is 0 Å². The number of benzene rings is 1. The number of nitrogens with one attached hydrogen (secondary N) is 1. The topological polar surface area (TPSA) is 108 Å². The molecular formula is C20H28N2O6S. The number of phenols is 1. The third kappa shape index (κ3) is 2.48. The summed E-state index contributed by atoms with van der Waals surface area (Å²) in [4.78, 5) is 2.38. The lowest BCUT2D eigenvalue weighted by molar-refractivity contribution is -0.203. The molecule has 2 bridgehead atoms. The van der Waals surface area contributed by atoms with E-state index < -0.39 is 21.1 Å². The average molecular weight is 425 g/mol. The number of nitrogens with zero attached hydrogens (tertiary/aromatic N) is 1. The Balaban J connectivity index is 1.61. The van der Waals surface area contributed by atoms with Gasteiger partial charge in [-0.05, 0) is 50.9 Å². The Labute approximate surface area is 170 Å². The number of piperidine rings is 1. The standard InChI is InChI=1S/C20H28N2O6S/c1-22-9-7-19-16-12-3-4-14(23)17(16)28-18(19)13(21-8-10-29(24,25)26)5-6-20(19,27-2)15(22)11-12/h3-4,13,15,18,21,23H,5-11H2,1-2H3,(H,24,25,26)/t13-,15+,18-,19-,20+/m0/s1. The molecule has 5 rings (SSSR count). The van der Waals surface area contributed by atoms with Gasteiger partial charge in [0.25, 0.3) is 10.1 Å². The zero-order valence-electron chi connectivity index (χ0n) is 16.7. The van der Waals surface area contributed by atoms with Crippen molar-refractivity contribution in [3.8, 4) is 11.5 Å². The minimum absolute atomic E-state index is 0.0955. The Morgan fingerprint density at radius 3 is 2.90 bits per heavy atom. The maximum atomic E-state index is 11.2. The molecule has 8 nitrogen and oxygen atoms in total. The smallest absolute Gasteiger partial charge is 0.266 e. The molecule has 29 heavy (non-hydrogen) atoms. The summed E-state index contributed by atoms with van der Waals surface area (Å²) in [5.41, 5.74) is 1.46. The molecule has 9 heteroatoms. The van der Waals surface area contributed by atoms with Gasteiger partial charge in [-0.2, -0.15) is 8.42 Å². The fourth-order valence-corrected chi connectivity index (χ4v) is 7.10. The van der Waals surface area contributed by atoms with Gasteiger partial charge in [0, 0.05) is 31.3 Å². The second-order valence-electron chi connectivity index (χ2n) is 8.89. The van der Waals surface area contributed by atoms with Gasteiger partial charge in [0.15, 0.2) is 11.5 Å². The predicted molar refractivity (Wildman–Crippen MR) is 106 cm³/mol. The Morgan fingerprint density at radius 1 is 1.38 bits per heavy atom. The summed E-state index contributed by atoms with van der Waals surface area (Å²) in [6, 6.07) is 3.83. The number of aromatic hydroxyl groups is 1. The molecule has 5 atom stereocenters. The van der Waals surface area contributed by atoms with Crippen LogP contribution in [0.5, 0.6) is 11.5 Å². The molecule has 1 saturated carbocycles. The van der Waals surface area contributed by atoms with Crippen molar-refractivity contribution < 1.29 is 27.6 Å². The zero-order chi connectivity index (χ0) is 20.6. The number of likely N-dealkylation sites (tertiary alicyclic amines) is 1. The molecule has 1 saturated heterocycles. The molecule has 4 aliphatic rings. The highest BCUT2D eigenvalue weighted by Crippen LogP contribution is 2.66. The lowest BCUT2D eigenvalue weighted by atomic mass is 9.48. The van der Waals surface area contributed by atoms with E-state index in [0.717, 1.165) is 37.8 Å². The van der Waals surface area contributed by atoms with Crippen molar-refractivity contribution in [1.29, 1.82) is 0 Å². The van der Waals surface area contributed by atoms with Crippen LogP contribution in [0, 0.1) is 0 Å². The minimum Gasteiger partial charge on any atom is -0.504 e. The largest absolute Gasteiger partial charge is 0.504 e. The van der Waals surface area contributed by atoms with Crippen LogP contribution in [-0.2, 0) is 26.7 Å². The maximum Gasteiger partial charge on any atom is 0.266 e. The number of likely N-dealkylation sites (N-methyl/N-ethyl adjacent to an activating group) is 1. The van der Waals surface area contributed by atoms with Gasteiger partial charge in [0.1, 0.15) is 6.10 Å². The van der Waals surface area contributed by atoms with Crippen molar-refractivity contribution in [2.45, 2.75) is 54.9 Å². The lowest BCUT2D eigenvalue weighted by Crippen LogP contribution is -2.78. The second-order valence-corrected chi connectivity index (χ2v) is 10.5. The van der Waals surface area contributed by atoms with Crippen LogP contribution < -0.4 is 10.1 Å². The van der Waals surface area contributed by atoms with Crippen molar-refractivity contribution in [2.75, 3.05) is 33.0 Å². The molecule has 1 aromatic carbocycles. The van der Waals surface area contributed by atoms with Crippen molar-refractivity contribution in [1.82, 2.24) is 10.2 Å². The van der Waals surface area contributed by atoms with Crippen LogP contribution in [0.1, 0.15) is 30.4 Å². The number of hydrogen-bond donors (Lipinski definition) is 3. The Kier molecular flexibility index (Phi) is 4.25. The molecule has 0 radical (unpaired) electrons. The molecule has 2 fully saturated rings. The van der Waals surface area contributed by atoms with Gasteiger partial charge in [-0.3, -0.25) is 4.55 Å². The van der Waals surface area contributed by atoms with Gasteiger partial charge in [-0.1, -0.05) is 6.07 Å². The van der Waals surface area contributed by atoms with E-state index in [0.29, 0.717) is 5.75 Å². The first kappa shape index (κ1) is 19.6. The number of rotatable bonds is 5. The molecule has 2 heterocycles. The number of hydrogen-bond acceptors (Lipinski definition) is 7. The normalized spacial score (nSPS) is 37.8. The summed E-state index contributed by atoms with van der Waals surface area (Å²) in [5, 5.41) is 13.9. The number of methoxy groups -OCH3 is 1. The van der Waals surface area contributed by atoms with Gasteiger partial charge in [0.05, 0.1) is 16.8 Å². The van der Waals surface area contributed by atoms with Crippen LogP contribution in [-0.4, -0.2) is 79.8 Å². The summed E-state index contributed by atoms with van der Waals surface area (Å²) in [7, 11) is -0.105. The van der Waals surface area contributed by atoms with E-state index in [-0.39, 0.29) is 36.2 Å². The van der Waals surface area contributed by atoms with Crippen LogP contribution in [0.25, 0.3) is 0 Å². The summed E-state index contributed by atoms with van der Waals surface area (Å²) >= 11 is 0. The van der Waals surface area contributed by atoms with E-state index in [4.69, 9.17) is 14.0 Å². The molecule has 160 valence electrons. The molecule has 3 N–H and O–H groups in total. The summed E-state index contributed by atoms with van der Waals surface area (Å²) in [5.74, 6) is 0.361. The number of phenolic OH excluding ortho intramolecular Hbond substituents is 1.